The fourth-order valence-electron chi connectivity index (χ4n) is 1.84. The van der Waals surface area contributed by atoms with Gasteiger partial charge in [-0.15, -0.1) is 0 Å². The third kappa shape index (κ3) is 3.21. The van der Waals surface area contributed by atoms with Gasteiger partial charge in [0.15, 0.2) is 0 Å². The lowest BCUT2D eigenvalue weighted by molar-refractivity contribution is -0.384. The number of aromatic nitrogens is 2. The number of hydrogen-bond donors (Lipinski definition) is 0. The summed E-state index contributed by atoms with van der Waals surface area (Å²) in [6.45, 7) is 4.31. The molecule has 0 aromatic carbocycles. The van der Waals surface area contributed by atoms with E-state index in [0.717, 1.165) is 0 Å². The number of methoxy groups -OCH3 is 1. The van der Waals surface area contributed by atoms with Crippen molar-refractivity contribution in [2.45, 2.75) is 26.8 Å². The van der Waals surface area contributed by atoms with Crippen molar-refractivity contribution in [2.24, 2.45) is 0 Å². The maximum atomic E-state index is 11.1. The van der Waals surface area contributed by atoms with Gasteiger partial charge in [-0.25, -0.2) is 4.68 Å². The van der Waals surface area contributed by atoms with Gasteiger partial charge in [-0.2, -0.15) is 5.10 Å². The third-order valence-electron chi connectivity index (χ3n) is 2.79. The Morgan fingerprint density at radius 3 is 2.68 bits per heavy atom. The van der Waals surface area contributed by atoms with Gasteiger partial charge in [0.1, 0.15) is 5.69 Å². The van der Waals surface area contributed by atoms with Crippen LogP contribution in [0.5, 0.6) is 0 Å². The average molecular weight is 270 g/mol. The van der Waals surface area contributed by atoms with E-state index in [4.69, 9.17) is 0 Å². The van der Waals surface area contributed by atoms with Crippen LogP contribution in [-0.4, -0.2) is 41.4 Å². The molecule has 0 N–H and O–H groups in total. The summed E-state index contributed by atoms with van der Waals surface area (Å²) in [6, 6.07) is 0. The second-order valence-electron chi connectivity index (χ2n) is 4.08. The van der Waals surface area contributed by atoms with Gasteiger partial charge < -0.3 is 9.64 Å². The van der Waals surface area contributed by atoms with E-state index in [2.05, 4.69) is 9.84 Å². The van der Waals surface area contributed by atoms with Crippen LogP contribution in [0, 0.1) is 17.0 Å². The van der Waals surface area contributed by atoms with Crippen LogP contribution in [0.2, 0.25) is 0 Å². The summed E-state index contributed by atoms with van der Waals surface area (Å²) in [5.74, 6) is 0.0580. The predicted molar refractivity (Wildman–Crippen MR) is 69.2 cm³/mol. The summed E-state index contributed by atoms with van der Waals surface area (Å²) in [5, 5.41) is 15.2. The summed E-state index contributed by atoms with van der Waals surface area (Å²) in [4.78, 5) is 23.4. The van der Waals surface area contributed by atoms with E-state index in [-0.39, 0.29) is 18.1 Å². The molecular formula is C11H18N4O4. The number of anilines is 1. The predicted octanol–water partition coefficient (Wildman–Crippen LogP) is 1.12. The first kappa shape index (κ1) is 14.9. The molecule has 1 aromatic rings. The van der Waals surface area contributed by atoms with Crippen LogP contribution in [-0.2, 0) is 16.1 Å². The van der Waals surface area contributed by atoms with Gasteiger partial charge in [0.25, 0.3) is 0 Å². The number of aryl methyl sites for hydroxylation is 2. The Morgan fingerprint density at radius 1 is 1.58 bits per heavy atom. The summed E-state index contributed by atoms with van der Waals surface area (Å²) in [5.41, 5.74) is 0.348. The fraction of sp³-hybridized carbons (Fsp3) is 0.636. The molecule has 19 heavy (non-hydrogen) atoms. The molecule has 0 saturated heterocycles. The summed E-state index contributed by atoms with van der Waals surface area (Å²) in [7, 11) is 3.00. The lowest BCUT2D eigenvalue weighted by Gasteiger charge is -2.18. The molecule has 1 heterocycles. The van der Waals surface area contributed by atoms with Gasteiger partial charge in [-0.05, 0) is 13.8 Å². The topological polar surface area (TPSA) is 90.5 Å². The Labute approximate surface area is 111 Å². The van der Waals surface area contributed by atoms with Gasteiger partial charge in [0, 0.05) is 20.1 Å². The molecule has 8 nitrogen and oxygen atoms in total. The smallest absolute Gasteiger partial charge is 0.333 e. The van der Waals surface area contributed by atoms with Crippen molar-refractivity contribution in [2.75, 3.05) is 25.6 Å². The minimum atomic E-state index is -0.446. The molecule has 0 spiro atoms. The van der Waals surface area contributed by atoms with E-state index in [1.807, 2.05) is 6.92 Å². The van der Waals surface area contributed by atoms with E-state index in [1.165, 1.54) is 7.11 Å². The Balaban J connectivity index is 3.03. The Morgan fingerprint density at radius 2 is 2.21 bits per heavy atom. The highest BCUT2D eigenvalue weighted by atomic mass is 16.6. The number of hydrogen-bond acceptors (Lipinski definition) is 6. The van der Waals surface area contributed by atoms with Crippen molar-refractivity contribution in [3.63, 3.8) is 0 Å². The monoisotopic (exact) mass is 270 g/mol. The van der Waals surface area contributed by atoms with Crippen molar-refractivity contribution < 1.29 is 14.5 Å². The summed E-state index contributed by atoms with van der Waals surface area (Å²) < 4.78 is 6.11. The summed E-state index contributed by atoms with van der Waals surface area (Å²) in [6.07, 6.45) is 0.165. The van der Waals surface area contributed by atoms with Crippen LogP contribution in [0.25, 0.3) is 0 Å². The van der Waals surface area contributed by atoms with Gasteiger partial charge in [-0.1, -0.05) is 0 Å². The Hall–Kier alpha value is -2.12. The maximum absolute atomic E-state index is 11.1. The molecule has 0 saturated carbocycles. The number of ether oxygens (including phenoxy) is 1. The van der Waals surface area contributed by atoms with Crippen molar-refractivity contribution in [1.82, 2.24) is 9.78 Å². The molecule has 0 aliphatic carbocycles. The standard InChI is InChI=1S/C11H18N4O4/c1-5-14-11(10(15(17)18)8(2)12-14)13(3)7-6-9(16)19-4/h5-7H2,1-4H3. The lowest BCUT2D eigenvalue weighted by Crippen LogP contribution is -2.25. The molecule has 0 bridgehead atoms. The van der Waals surface area contributed by atoms with Crippen LogP contribution in [0.3, 0.4) is 0 Å². The molecule has 0 unspecified atom stereocenters. The van der Waals surface area contributed by atoms with E-state index < -0.39 is 4.92 Å². The van der Waals surface area contributed by atoms with Crippen molar-refractivity contribution in [3.8, 4) is 0 Å². The molecule has 106 valence electrons. The second kappa shape index (κ2) is 6.17. The van der Waals surface area contributed by atoms with Crippen LogP contribution in [0.1, 0.15) is 19.0 Å². The van der Waals surface area contributed by atoms with Crippen molar-refractivity contribution >= 4 is 17.5 Å². The maximum Gasteiger partial charge on any atom is 0.333 e. The van der Waals surface area contributed by atoms with Crippen molar-refractivity contribution in [3.05, 3.63) is 15.8 Å². The highest BCUT2D eigenvalue weighted by molar-refractivity contribution is 5.70. The SMILES string of the molecule is CCn1nc(C)c([N+](=O)[O-])c1N(C)CCC(=O)OC. The number of nitro groups is 1. The van der Waals surface area contributed by atoms with E-state index in [1.54, 1.807) is 23.6 Å². The number of nitrogens with zero attached hydrogens (tertiary/aromatic N) is 4. The second-order valence-corrected chi connectivity index (χ2v) is 4.08. The van der Waals surface area contributed by atoms with Crippen LogP contribution in [0.15, 0.2) is 0 Å². The number of esters is 1. The van der Waals surface area contributed by atoms with E-state index >= 15 is 0 Å². The van der Waals surface area contributed by atoms with E-state index in [9.17, 15) is 14.9 Å². The number of rotatable bonds is 6. The van der Waals surface area contributed by atoms with Gasteiger partial charge in [0.05, 0.1) is 18.5 Å². The quantitative estimate of drug-likeness (QED) is 0.437. The first-order chi connectivity index (χ1) is 8.92. The van der Waals surface area contributed by atoms with Gasteiger partial charge >= 0.3 is 11.7 Å². The molecule has 1 rings (SSSR count). The Bertz CT molecular complexity index is 483. The molecular weight excluding hydrogens is 252 g/mol. The molecule has 8 heteroatoms. The van der Waals surface area contributed by atoms with Gasteiger partial charge in [0.2, 0.25) is 5.82 Å². The number of carbonyl (C=O) groups excluding carboxylic acids is 1. The van der Waals surface area contributed by atoms with Crippen LogP contribution in [0.4, 0.5) is 11.5 Å². The zero-order valence-corrected chi connectivity index (χ0v) is 11.5. The molecule has 0 radical (unpaired) electrons. The number of carbonyl (C=O) groups is 1. The normalized spacial score (nSPS) is 10.3. The zero-order valence-electron chi connectivity index (χ0n) is 11.5. The zero-order chi connectivity index (χ0) is 14.6. The third-order valence-corrected chi connectivity index (χ3v) is 2.79. The fourth-order valence-corrected chi connectivity index (χ4v) is 1.84. The highest BCUT2D eigenvalue weighted by Crippen LogP contribution is 2.30. The first-order valence-electron chi connectivity index (χ1n) is 5.92. The molecule has 0 aliphatic rings. The average Bonchev–Trinajstić information content (AvgIpc) is 2.72. The van der Waals surface area contributed by atoms with Crippen molar-refractivity contribution in [1.29, 1.82) is 0 Å². The van der Waals surface area contributed by atoms with Crippen LogP contribution >= 0.6 is 0 Å². The molecule has 1 aromatic heterocycles. The molecule has 0 atom stereocenters. The lowest BCUT2D eigenvalue weighted by atomic mass is 10.3. The minimum Gasteiger partial charge on any atom is -0.469 e. The molecule has 0 fully saturated rings. The van der Waals surface area contributed by atoms with Gasteiger partial charge in [-0.3, -0.25) is 14.9 Å². The minimum absolute atomic E-state index is 0.0192. The summed E-state index contributed by atoms with van der Waals surface area (Å²) >= 11 is 0. The highest BCUT2D eigenvalue weighted by Gasteiger charge is 2.27. The molecule has 0 aliphatic heterocycles. The Kier molecular flexibility index (Phi) is 4.85. The first-order valence-corrected chi connectivity index (χ1v) is 5.92. The van der Waals surface area contributed by atoms with E-state index in [0.29, 0.717) is 24.6 Å². The largest absolute Gasteiger partial charge is 0.469 e. The molecule has 0 amide bonds. The van der Waals surface area contributed by atoms with Crippen LogP contribution < -0.4 is 4.90 Å².